The molecule has 3 heterocycles. The van der Waals surface area contributed by atoms with Crippen molar-refractivity contribution in [1.82, 2.24) is 14.7 Å². The molecule has 0 unspecified atom stereocenters. The normalized spacial score (nSPS) is 17.6. The highest BCUT2D eigenvalue weighted by Crippen LogP contribution is 2.33. The summed E-state index contributed by atoms with van der Waals surface area (Å²) in [6, 6.07) is 6.22. The molecule has 4 rings (SSSR count). The molecule has 5 heteroatoms. The number of fused-ring (bicyclic) bond motifs is 1. The molecular weight excluding hydrogens is 314 g/mol. The third-order valence-corrected chi connectivity index (χ3v) is 4.78. The molecule has 2 aliphatic rings. The summed E-state index contributed by atoms with van der Waals surface area (Å²) in [6.45, 7) is 9.80. The van der Waals surface area contributed by atoms with Crippen molar-refractivity contribution in [1.29, 1.82) is 0 Å². The van der Waals surface area contributed by atoms with E-state index in [4.69, 9.17) is 9.47 Å². The van der Waals surface area contributed by atoms with Crippen molar-refractivity contribution < 1.29 is 9.47 Å². The molecule has 1 aromatic carbocycles. The number of rotatable bonds is 3. The molecule has 132 valence electrons. The Hall–Kier alpha value is -2.27. The van der Waals surface area contributed by atoms with E-state index in [-0.39, 0.29) is 5.54 Å². The number of ether oxygens (including phenoxy) is 2. The molecule has 25 heavy (non-hydrogen) atoms. The third-order valence-electron chi connectivity index (χ3n) is 4.78. The topological polar surface area (TPSA) is 39.5 Å². The second kappa shape index (κ2) is 6.23. The van der Waals surface area contributed by atoms with Gasteiger partial charge in [-0.25, -0.2) is 0 Å². The Bertz CT molecular complexity index is 802. The van der Waals surface area contributed by atoms with Crippen molar-refractivity contribution in [3.05, 3.63) is 47.8 Å². The van der Waals surface area contributed by atoms with E-state index in [1.54, 1.807) is 0 Å². The summed E-state index contributed by atoms with van der Waals surface area (Å²) < 4.78 is 12.9. The molecule has 0 saturated heterocycles. The van der Waals surface area contributed by atoms with Crippen LogP contribution < -0.4 is 9.47 Å². The van der Waals surface area contributed by atoms with Crippen LogP contribution in [0.25, 0.3) is 5.57 Å². The minimum absolute atomic E-state index is 0.0267. The lowest BCUT2D eigenvalue weighted by atomic mass is 10.0. The highest BCUT2D eigenvalue weighted by Gasteiger charge is 2.19. The van der Waals surface area contributed by atoms with Gasteiger partial charge in [-0.15, -0.1) is 0 Å². The van der Waals surface area contributed by atoms with Crippen molar-refractivity contribution in [3.63, 3.8) is 0 Å². The van der Waals surface area contributed by atoms with Gasteiger partial charge < -0.3 is 9.47 Å². The molecule has 0 radical (unpaired) electrons. The van der Waals surface area contributed by atoms with E-state index in [1.807, 2.05) is 16.9 Å². The van der Waals surface area contributed by atoms with E-state index in [9.17, 15) is 0 Å². The van der Waals surface area contributed by atoms with Gasteiger partial charge in [0.05, 0.1) is 11.7 Å². The van der Waals surface area contributed by atoms with Crippen molar-refractivity contribution >= 4 is 5.57 Å². The van der Waals surface area contributed by atoms with Crippen molar-refractivity contribution in [2.24, 2.45) is 0 Å². The molecule has 0 fully saturated rings. The first-order valence-electron chi connectivity index (χ1n) is 8.84. The summed E-state index contributed by atoms with van der Waals surface area (Å²) in [6.07, 6.45) is 7.55. The summed E-state index contributed by atoms with van der Waals surface area (Å²) in [4.78, 5) is 2.45. The molecule has 0 saturated carbocycles. The fraction of sp³-hybridized carbons (Fsp3) is 0.450. The van der Waals surface area contributed by atoms with Gasteiger partial charge in [-0.1, -0.05) is 12.1 Å². The number of hydrogen-bond acceptors (Lipinski definition) is 4. The first kappa shape index (κ1) is 16.2. The average molecular weight is 339 g/mol. The standard InChI is InChI=1S/C20H25N3O2/c1-20(2,3)23-13-17(11-21-23)16-6-8-22(9-7-16)12-15-4-5-18-19(10-15)25-14-24-18/h4-6,10-11,13H,7-9,12,14H2,1-3H3. The summed E-state index contributed by atoms with van der Waals surface area (Å²) in [5.74, 6) is 1.71. The van der Waals surface area contributed by atoms with Crippen LogP contribution >= 0.6 is 0 Å². The molecular formula is C20H25N3O2. The maximum Gasteiger partial charge on any atom is 0.231 e. The fourth-order valence-corrected chi connectivity index (χ4v) is 3.27. The predicted molar refractivity (Wildman–Crippen MR) is 97.7 cm³/mol. The molecule has 0 spiro atoms. The molecule has 1 aromatic heterocycles. The van der Waals surface area contributed by atoms with Crippen LogP contribution in [-0.4, -0.2) is 34.6 Å². The van der Waals surface area contributed by atoms with Crippen LogP contribution in [0.5, 0.6) is 11.5 Å². The van der Waals surface area contributed by atoms with Crippen molar-refractivity contribution in [2.45, 2.75) is 39.3 Å². The van der Waals surface area contributed by atoms with Gasteiger partial charge in [0.25, 0.3) is 0 Å². The highest BCUT2D eigenvalue weighted by atomic mass is 16.7. The van der Waals surface area contributed by atoms with Crippen LogP contribution in [0.4, 0.5) is 0 Å². The summed E-state index contributed by atoms with van der Waals surface area (Å²) in [5, 5.41) is 4.52. The largest absolute Gasteiger partial charge is 0.454 e. The van der Waals surface area contributed by atoms with Gasteiger partial charge in [0.2, 0.25) is 6.79 Å². The van der Waals surface area contributed by atoms with Crippen LogP contribution in [0.2, 0.25) is 0 Å². The molecule has 2 aromatic rings. The first-order valence-corrected chi connectivity index (χ1v) is 8.84. The molecule has 2 aliphatic heterocycles. The average Bonchev–Trinajstić information content (AvgIpc) is 3.24. The maximum absolute atomic E-state index is 5.47. The number of benzene rings is 1. The fourth-order valence-electron chi connectivity index (χ4n) is 3.27. The molecule has 0 amide bonds. The van der Waals surface area contributed by atoms with Crippen LogP contribution in [0.15, 0.2) is 36.7 Å². The SMILES string of the molecule is CC(C)(C)n1cc(C2=CCN(Cc3ccc4c(c3)OCO4)CC2)cn1. The molecule has 0 N–H and O–H groups in total. The van der Waals surface area contributed by atoms with E-state index < -0.39 is 0 Å². The van der Waals surface area contributed by atoms with Gasteiger partial charge in [-0.05, 0) is 50.5 Å². The van der Waals surface area contributed by atoms with E-state index in [1.165, 1.54) is 16.7 Å². The zero-order valence-electron chi connectivity index (χ0n) is 15.2. The summed E-state index contributed by atoms with van der Waals surface area (Å²) >= 11 is 0. The minimum atomic E-state index is 0.0267. The van der Waals surface area contributed by atoms with Crippen molar-refractivity contribution in [3.8, 4) is 11.5 Å². The second-order valence-corrected chi connectivity index (χ2v) is 7.75. The lowest BCUT2D eigenvalue weighted by Gasteiger charge is -2.26. The molecule has 0 aliphatic carbocycles. The van der Waals surface area contributed by atoms with Gasteiger partial charge in [0.15, 0.2) is 11.5 Å². The van der Waals surface area contributed by atoms with Gasteiger partial charge in [-0.3, -0.25) is 9.58 Å². The smallest absolute Gasteiger partial charge is 0.231 e. The number of aromatic nitrogens is 2. The van der Waals surface area contributed by atoms with Gasteiger partial charge >= 0.3 is 0 Å². The lowest BCUT2D eigenvalue weighted by molar-refractivity contribution is 0.174. The molecule has 5 nitrogen and oxygen atoms in total. The Morgan fingerprint density at radius 1 is 1.16 bits per heavy atom. The Morgan fingerprint density at radius 2 is 2.00 bits per heavy atom. The number of hydrogen-bond donors (Lipinski definition) is 0. The maximum atomic E-state index is 5.47. The Labute approximate surface area is 148 Å². The quantitative estimate of drug-likeness (QED) is 0.856. The Kier molecular flexibility index (Phi) is 4.04. The van der Waals surface area contributed by atoms with Crippen LogP contribution in [0.3, 0.4) is 0 Å². The lowest BCUT2D eigenvalue weighted by Crippen LogP contribution is -2.28. The first-order chi connectivity index (χ1) is 12.0. The van der Waals surface area contributed by atoms with Crippen molar-refractivity contribution in [2.75, 3.05) is 19.9 Å². The van der Waals surface area contributed by atoms with E-state index in [0.29, 0.717) is 6.79 Å². The van der Waals surface area contributed by atoms with Crippen LogP contribution in [-0.2, 0) is 12.1 Å². The molecule has 0 bridgehead atoms. The van der Waals surface area contributed by atoms with Crippen LogP contribution in [0.1, 0.15) is 38.3 Å². The predicted octanol–water partition coefficient (Wildman–Crippen LogP) is 3.66. The van der Waals surface area contributed by atoms with E-state index in [2.05, 4.69) is 55.2 Å². The second-order valence-electron chi connectivity index (χ2n) is 7.75. The van der Waals surface area contributed by atoms with E-state index >= 15 is 0 Å². The summed E-state index contributed by atoms with van der Waals surface area (Å²) in [5.41, 5.74) is 3.94. The van der Waals surface area contributed by atoms with E-state index in [0.717, 1.165) is 37.6 Å². The van der Waals surface area contributed by atoms with Crippen LogP contribution in [0, 0.1) is 0 Å². The Morgan fingerprint density at radius 3 is 2.72 bits per heavy atom. The van der Waals surface area contributed by atoms with Gasteiger partial charge in [0, 0.05) is 31.4 Å². The summed E-state index contributed by atoms with van der Waals surface area (Å²) in [7, 11) is 0. The Balaban J connectivity index is 1.41. The monoisotopic (exact) mass is 339 g/mol. The zero-order chi connectivity index (χ0) is 17.4. The third kappa shape index (κ3) is 3.42. The minimum Gasteiger partial charge on any atom is -0.454 e. The zero-order valence-corrected chi connectivity index (χ0v) is 15.2. The van der Waals surface area contributed by atoms with Gasteiger partial charge in [-0.2, -0.15) is 5.10 Å². The highest BCUT2D eigenvalue weighted by molar-refractivity contribution is 5.65. The van der Waals surface area contributed by atoms with Gasteiger partial charge in [0.1, 0.15) is 0 Å². The molecule has 0 atom stereocenters. The number of nitrogens with zero attached hydrogens (tertiary/aromatic N) is 3.